The Balaban J connectivity index is 2.07. The summed E-state index contributed by atoms with van der Waals surface area (Å²) >= 11 is 0. The van der Waals surface area contributed by atoms with Crippen LogP contribution in [0.25, 0.3) is 0 Å². The van der Waals surface area contributed by atoms with Crippen LogP contribution in [0.1, 0.15) is 34.6 Å². The lowest BCUT2D eigenvalue weighted by Crippen LogP contribution is -2.47. The minimum atomic E-state index is -0.781. The molecule has 0 aliphatic heterocycles. The number of carbonyl (C=O) groups is 2. The van der Waals surface area contributed by atoms with Gasteiger partial charge in [0.25, 0.3) is 5.91 Å². The van der Waals surface area contributed by atoms with E-state index in [9.17, 15) is 9.59 Å². The Morgan fingerprint density at radius 2 is 1.54 bits per heavy atom. The van der Waals surface area contributed by atoms with Crippen molar-refractivity contribution >= 4 is 11.9 Å². The van der Waals surface area contributed by atoms with Gasteiger partial charge < -0.3 is 24.3 Å². The van der Waals surface area contributed by atoms with Gasteiger partial charge in [-0.25, -0.2) is 4.79 Å². The van der Waals surface area contributed by atoms with Crippen LogP contribution in [0, 0.1) is 0 Å². The van der Waals surface area contributed by atoms with Gasteiger partial charge in [-0.05, 0) is 38.1 Å². The summed E-state index contributed by atoms with van der Waals surface area (Å²) < 4.78 is 21.1. The minimum Gasteiger partial charge on any atom is -0.493 e. The van der Waals surface area contributed by atoms with Crippen LogP contribution in [-0.2, 0) is 4.74 Å². The molecule has 2 rings (SSSR count). The van der Waals surface area contributed by atoms with Gasteiger partial charge in [-0.15, -0.1) is 0 Å². The van der Waals surface area contributed by atoms with Crippen molar-refractivity contribution in [3.63, 3.8) is 0 Å². The maximum absolute atomic E-state index is 12.5. The quantitative estimate of drug-likeness (QED) is 0.694. The first-order valence-corrected chi connectivity index (χ1v) is 8.51. The highest BCUT2D eigenvalue weighted by molar-refractivity contribution is 5.94. The van der Waals surface area contributed by atoms with Crippen molar-refractivity contribution in [3.8, 4) is 17.2 Å². The molecule has 0 saturated heterocycles. The maximum Gasteiger partial charge on any atom is 0.338 e. The van der Waals surface area contributed by atoms with Crippen molar-refractivity contribution in [1.82, 2.24) is 10.3 Å². The van der Waals surface area contributed by atoms with E-state index in [0.717, 1.165) is 0 Å². The van der Waals surface area contributed by atoms with E-state index in [1.54, 1.807) is 26.0 Å². The van der Waals surface area contributed by atoms with Crippen molar-refractivity contribution in [2.24, 2.45) is 0 Å². The Kier molecular flexibility index (Phi) is 6.81. The summed E-state index contributed by atoms with van der Waals surface area (Å²) in [5, 5.41) is 2.83. The third kappa shape index (κ3) is 5.12. The minimum absolute atomic E-state index is 0.0285. The van der Waals surface area contributed by atoms with E-state index in [1.807, 2.05) is 0 Å². The number of hydrogen-bond acceptors (Lipinski definition) is 7. The zero-order valence-corrected chi connectivity index (χ0v) is 16.6. The molecular formula is C20H24N2O6. The molecule has 28 heavy (non-hydrogen) atoms. The zero-order chi connectivity index (χ0) is 20.7. The molecule has 1 N–H and O–H groups in total. The molecule has 8 nitrogen and oxygen atoms in total. The second-order valence-electron chi connectivity index (χ2n) is 6.56. The molecule has 0 unspecified atom stereocenters. The summed E-state index contributed by atoms with van der Waals surface area (Å²) in [6, 6.07) is 6.22. The van der Waals surface area contributed by atoms with E-state index in [4.69, 9.17) is 18.9 Å². The highest BCUT2D eigenvalue weighted by Gasteiger charge is 2.25. The molecule has 2 aromatic rings. The van der Waals surface area contributed by atoms with Gasteiger partial charge in [0.05, 0.1) is 32.4 Å². The molecule has 1 heterocycles. The van der Waals surface area contributed by atoms with Crippen LogP contribution in [0.3, 0.4) is 0 Å². The summed E-state index contributed by atoms with van der Waals surface area (Å²) in [5.41, 5.74) is -0.0683. The molecular weight excluding hydrogens is 364 g/mol. The molecule has 0 bridgehead atoms. The molecule has 0 saturated carbocycles. The summed E-state index contributed by atoms with van der Waals surface area (Å²) in [7, 11) is 4.40. The number of benzene rings is 1. The lowest BCUT2D eigenvalue weighted by molar-refractivity contribution is 0.0389. The second kappa shape index (κ2) is 9.07. The molecule has 150 valence electrons. The fraction of sp³-hybridized carbons (Fsp3) is 0.350. The van der Waals surface area contributed by atoms with Crippen LogP contribution in [-0.4, -0.2) is 50.3 Å². The van der Waals surface area contributed by atoms with Gasteiger partial charge in [0.1, 0.15) is 6.61 Å². The predicted octanol–water partition coefficient (Wildman–Crippen LogP) is 2.47. The first-order valence-electron chi connectivity index (χ1n) is 8.51. The second-order valence-corrected chi connectivity index (χ2v) is 6.56. The smallest absolute Gasteiger partial charge is 0.338 e. The summed E-state index contributed by atoms with van der Waals surface area (Å²) in [5.74, 6) is 0.214. The zero-order valence-electron chi connectivity index (χ0n) is 16.6. The van der Waals surface area contributed by atoms with E-state index >= 15 is 0 Å². The molecule has 0 radical (unpaired) electrons. The Labute approximate surface area is 163 Å². The van der Waals surface area contributed by atoms with Crippen LogP contribution < -0.4 is 19.5 Å². The van der Waals surface area contributed by atoms with Gasteiger partial charge >= 0.3 is 5.97 Å². The maximum atomic E-state index is 12.5. The van der Waals surface area contributed by atoms with Crippen molar-refractivity contribution in [2.45, 2.75) is 19.4 Å². The normalized spacial score (nSPS) is 10.8. The molecule has 0 spiro atoms. The lowest BCUT2D eigenvalue weighted by Gasteiger charge is -2.26. The molecule has 1 aromatic heterocycles. The molecule has 1 aromatic carbocycles. The van der Waals surface area contributed by atoms with Crippen LogP contribution >= 0.6 is 0 Å². The number of carbonyl (C=O) groups excluding carboxylic acids is 2. The number of esters is 1. The predicted molar refractivity (Wildman–Crippen MR) is 102 cm³/mol. The third-order valence-electron chi connectivity index (χ3n) is 3.86. The Morgan fingerprint density at radius 1 is 0.964 bits per heavy atom. The topological polar surface area (TPSA) is 96.0 Å². The Bertz CT molecular complexity index is 811. The molecule has 0 aliphatic rings. The van der Waals surface area contributed by atoms with Crippen LogP contribution in [0.5, 0.6) is 17.2 Å². The van der Waals surface area contributed by atoms with Gasteiger partial charge in [-0.1, -0.05) is 0 Å². The number of rotatable bonds is 8. The van der Waals surface area contributed by atoms with Crippen LogP contribution in [0.2, 0.25) is 0 Å². The largest absolute Gasteiger partial charge is 0.493 e. The summed E-state index contributed by atoms with van der Waals surface area (Å²) in [4.78, 5) is 28.7. The van der Waals surface area contributed by atoms with E-state index in [-0.39, 0.29) is 18.1 Å². The lowest BCUT2D eigenvalue weighted by atomic mass is 10.1. The average Bonchev–Trinajstić information content (AvgIpc) is 2.71. The number of ether oxygens (including phenoxy) is 4. The molecule has 0 fully saturated rings. The standard InChI is InChI=1S/C20H24N2O6/c1-20(2,22-18(23)13-6-8-21-9-7-13)12-28-19(24)14-10-15(25-3)17(27-5)16(11-14)26-4/h6-11H,12H2,1-5H3,(H,22,23). The van der Waals surface area contributed by atoms with Gasteiger partial charge in [-0.2, -0.15) is 0 Å². The van der Waals surface area contributed by atoms with Gasteiger partial charge in [-0.3, -0.25) is 9.78 Å². The first-order chi connectivity index (χ1) is 13.3. The highest BCUT2D eigenvalue weighted by atomic mass is 16.5. The van der Waals surface area contributed by atoms with E-state index < -0.39 is 11.5 Å². The first kappa shape index (κ1) is 21.0. The van der Waals surface area contributed by atoms with Crippen molar-refractivity contribution in [2.75, 3.05) is 27.9 Å². The third-order valence-corrected chi connectivity index (χ3v) is 3.86. The number of methoxy groups -OCH3 is 3. The van der Waals surface area contributed by atoms with Crippen LogP contribution in [0.15, 0.2) is 36.7 Å². The number of nitrogens with one attached hydrogen (secondary N) is 1. The molecule has 0 aliphatic carbocycles. The fourth-order valence-corrected chi connectivity index (χ4v) is 2.45. The Hall–Kier alpha value is -3.29. The fourth-order valence-electron chi connectivity index (χ4n) is 2.45. The molecule has 8 heteroatoms. The van der Waals surface area contributed by atoms with E-state index in [1.165, 1.54) is 45.9 Å². The number of pyridine rings is 1. The summed E-state index contributed by atoms with van der Waals surface area (Å²) in [6.07, 6.45) is 3.07. The number of hydrogen-bond donors (Lipinski definition) is 1. The summed E-state index contributed by atoms with van der Waals surface area (Å²) in [6.45, 7) is 3.49. The van der Waals surface area contributed by atoms with E-state index in [2.05, 4.69) is 10.3 Å². The van der Waals surface area contributed by atoms with Crippen molar-refractivity contribution < 1.29 is 28.5 Å². The number of nitrogens with zero attached hydrogens (tertiary/aromatic N) is 1. The van der Waals surface area contributed by atoms with E-state index in [0.29, 0.717) is 22.8 Å². The number of aromatic nitrogens is 1. The average molecular weight is 388 g/mol. The number of amides is 1. The SMILES string of the molecule is COc1cc(C(=O)OCC(C)(C)NC(=O)c2ccncc2)cc(OC)c1OC. The molecule has 0 atom stereocenters. The molecule has 1 amide bonds. The van der Waals surface area contributed by atoms with Crippen molar-refractivity contribution in [3.05, 3.63) is 47.8 Å². The van der Waals surface area contributed by atoms with Gasteiger partial charge in [0.15, 0.2) is 11.5 Å². The van der Waals surface area contributed by atoms with Gasteiger partial charge in [0.2, 0.25) is 5.75 Å². The highest BCUT2D eigenvalue weighted by Crippen LogP contribution is 2.38. The monoisotopic (exact) mass is 388 g/mol. The van der Waals surface area contributed by atoms with Gasteiger partial charge in [0, 0.05) is 18.0 Å². The van der Waals surface area contributed by atoms with Crippen LogP contribution in [0.4, 0.5) is 0 Å². The van der Waals surface area contributed by atoms with Crippen molar-refractivity contribution in [1.29, 1.82) is 0 Å². The Morgan fingerprint density at radius 3 is 2.04 bits per heavy atom.